The number of likely N-dealkylation sites (N-methyl/N-ethyl adjacent to an activating group) is 1. The van der Waals surface area contributed by atoms with Crippen molar-refractivity contribution in [2.45, 2.75) is 46.5 Å². The Morgan fingerprint density at radius 2 is 2.06 bits per heavy atom. The van der Waals surface area contributed by atoms with Crippen LogP contribution in [0.15, 0.2) is 22.8 Å². The maximum Gasteiger partial charge on any atom is 0.246 e. The number of rotatable bonds is 2. The van der Waals surface area contributed by atoms with E-state index in [1.807, 2.05) is 6.92 Å². The van der Waals surface area contributed by atoms with Gasteiger partial charge in [0.25, 0.3) is 0 Å². The fourth-order valence-corrected chi connectivity index (χ4v) is 3.72. The summed E-state index contributed by atoms with van der Waals surface area (Å²) in [6.07, 6.45) is 7.28. The first kappa shape index (κ1) is 13.4. The highest BCUT2D eigenvalue weighted by Crippen LogP contribution is 2.48. The van der Waals surface area contributed by atoms with Crippen LogP contribution < -0.4 is 5.32 Å². The van der Waals surface area contributed by atoms with Gasteiger partial charge in [-0.2, -0.15) is 0 Å². The van der Waals surface area contributed by atoms with Crippen molar-refractivity contribution in [2.75, 3.05) is 7.05 Å². The molecule has 0 aliphatic heterocycles. The van der Waals surface area contributed by atoms with Gasteiger partial charge in [0.2, 0.25) is 5.91 Å². The lowest BCUT2D eigenvalue weighted by atomic mass is 9.71. The summed E-state index contributed by atoms with van der Waals surface area (Å²) in [5, 5.41) is 2.71. The van der Waals surface area contributed by atoms with Crippen LogP contribution in [0.5, 0.6) is 0 Å². The maximum absolute atomic E-state index is 11.6. The summed E-state index contributed by atoms with van der Waals surface area (Å²) in [6.45, 7) is 6.59. The minimum absolute atomic E-state index is 0.0569. The minimum Gasteiger partial charge on any atom is -0.355 e. The average molecular weight is 247 g/mol. The summed E-state index contributed by atoms with van der Waals surface area (Å²) in [5.41, 5.74) is 4.09. The zero-order valence-electron chi connectivity index (χ0n) is 12.0. The van der Waals surface area contributed by atoms with Crippen molar-refractivity contribution in [2.24, 2.45) is 17.8 Å². The van der Waals surface area contributed by atoms with Crippen LogP contribution in [-0.2, 0) is 4.79 Å². The van der Waals surface area contributed by atoms with Crippen LogP contribution in [0.4, 0.5) is 0 Å². The second kappa shape index (κ2) is 5.29. The van der Waals surface area contributed by atoms with E-state index < -0.39 is 0 Å². The summed E-state index contributed by atoms with van der Waals surface area (Å²) in [6, 6.07) is 0. The molecule has 1 amide bonds. The number of nitrogens with one attached hydrogen (secondary N) is 1. The smallest absolute Gasteiger partial charge is 0.246 e. The first-order valence-corrected chi connectivity index (χ1v) is 7.14. The molecule has 2 nitrogen and oxygen atoms in total. The summed E-state index contributed by atoms with van der Waals surface area (Å²) < 4.78 is 0. The molecular weight excluding hydrogens is 222 g/mol. The van der Waals surface area contributed by atoms with Crippen molar-refractivity contribution in [1.82, 2.24) is 5.32 Å². The summed E-state index contributed by atoms with van der Waals surface area (Å²) in [4.78, 5) is 11.6. The predicted octanol–water partition coefficient (Wildman–Crippen LogP) is 3.45. The van der Waals surface area contributed by atoms with Crippen LogP contribution in [0, 0.1) is 17.8 Å². The van der Waals surface area contributed by atoms with E-state index in [2.05, 4.69) is 25.2 Å². The van der Waals surface area contributed by atoms with E-state index in [4.69, 9.17) is 0 Å². The van der Waals surface area contributed by atoms with Gasteiger partial charge in [-0.05, 0) is 57.3 Å². The maximum atomic E-state index is 11.6. The second-order valence-corrected chi connectivity index (χ2v) is 5.97. The number of fused-ring (bicyclic) bond motifs is 1. The molecule has 0 saturated heterocycles. The molecule has 18 heavy (non-hydrogen) atoms. The molecule has 2 rings (SSSR count). The van der Waals surface area contributed by atoms with E-state index in [1.165, 1.54) is 25.7 Å². The Kier molecular flexibility index (Phi) is 3.94. The zero-order chi connectivity index (χ0) is 13.3. The van der Waals surface area contributed by atoms with E-state index in [9.17, 15) is 4.79 Å². The van der Waals surface area contributed by atoms with Gasteiger partial charge in [0.05, 0.1) is 0 Å². The number of allylic oxidation sites excluding steroid dienone is 3. The van der Waals surface area contributed by atoms with Gasteiger partial charge < -0.3 is 5.32 Å². The zero-order valence-corrected chi connectivity index (χ0v) is 12.0. The van der Waals surface area contributed by atoms with Gasteiger partial charge in [-0.1, -0.05) is 24.1 Å². The normalized spacial score (nSPS) is 32.4. The standard InChI is InChI=1S/C16H25NO/c1-10-5-7-13(9-12(3)16(18)17-4)15-11(2)6-8-14(10)15/h9-10,13-14H,5-8H2,1-4H3,(H,17,18)/t10-,13+,14-/m1/s1. The molecule has 0 spiro atoms. The van der Waals surface area contributed by atoms with E-state index >= 15 is 0 Å². The van der Waals surface area contributed by atoms with Gasteiger partial charge in [0.1, 0.15) is 0 Å². The van der Waals surface area contributed by atoms with Gasteiger partial charge >= 0.3 is 0 Å². The Morgan fingerprint density at radius 1 is 1.33 bits per heavy atom. The quantitative estimate of drug-likeness (QED) is 0.587. The summed E-state index contributed by atoms with van der Waals surface area (Å²) in [5.74, 6) is 2.16. The second-order valence-electron chi connectivity index (χ2n) is 5.97. The average Bonchev–Trinajstić information content (AvgIpc) is 2.75. The molecule has 1 saturated carbocycles. The first-order valence-electron chi connectivity index (χ1n) is 7.14. The monoisotopic (exact) mass is 247 g/mol. The van der Waals surface area contributed by atoms with Gasteiger partial charge in [-0.25, -0.2) is 0 Å². The Balaban J connectivity index is 2.24. The van der Waals surface area contributed by atoms with E-state index in [1.54, 1.807) is 18.2 Å². The molecule has 0 unspecified atom stereocenters. The Labute approximate surface area is 111 Å². The molecule has 3 atom stereocenters. The molecule has 0 bridgehead atoms. The van der Waals surface area contributed by atoms with Crippen molar-refractivity contribution in [3.8, 4) is 0 Å². The van der Waals surface area contributed by atoms with Crippen LogP contribution in [0.2, 0.25) is 0 Å². The van der Waals surface area contributed by atoms with Crippen molar-refractivity contribution in [3.63, 3.8) is 0 Å². The molecule has 2 heteroatoms. The van der Waals surface area contributed by atoms with Gasteiger partial charge in [0, 0.05) is 12.6 Å². The molecule has 2 aliphatic carbocycles. The van der Waals surface area contributed by atoms with E-state index in [0.717, 1.165) is 17.4 Å². The van der Waals surface area contributed by atoms with E-state index in [-0.39, 0.29) is 5.91 Å². The Hall–Kier alpha value is -1.05. The highest BCUT2D eigenvalue weighted by atomic mass is 16.1. The molecule has 100 valence electrons. The van der Waals surface area contributed by atoms with Crippen molar-refractivity contribution >= 4 is 5.91 Å². The third-order valence-electron chi connectivity index (χ3n) is 4.78. The van der Waals surface area contributed by atoms with Crippen LogP contribution in [0.3, 0.4) is 0 Å². The topological polar surface area (TPSA) is 29.1 Å². The van der Waals surface area contributed by atoms with Crippen molar-refractivity contribution in [1.29, 1.82) is 0 Å². The largest absolute Gasteiger partial charge is 0.355 e. The molecule has 0 aromatic rings. The molecule has 2 aliphatic rings. The van der Waals surface area contributed by atoms with Crippen LogP contribution in [0.1, 0.15) is 46.5 Å². The number of hydrogen-bond donors (Lipinski definition) is 1. The number of hydrogen-bond acceptors (Lipinski definition) is 1. The third-order valence-corrected chi connectivity index (χ3v) is 4.78. The molecule has 1 fully saturated rings. The lowest BCUT2D eigenvalue weighted by Gasteiger charge is -2.34. The fourth-order valence-electron chi connectivity index (χ4n) is 3.72. The lowest BCUT2D eigenvalue weighted by molar-refractivity contribution is -0.117. The van der Waals surface area contributed by atoms with E-state index in [0.29, 0.717) is 5.92 Å². The van der Waals surface area contributed by atoms with Gasteiger partial charge in [-0.15, -0.1) is 0 Å². The van der Waals surface area contributed by atoms with Crippen molar-refractivity contribution < 1.29 is 4.79 Å². The lowest BCUT2D eigenvalue weighted by Crippen LogP contribution is -2.25. The Bertz CT molecular complexity index is 405. The first-order chi connectivity index (χ1) is 8.54. The fraction of sp³-hybridized carbons (Fsp3) is 0.688. The predicted molar refractivity (Wildman–Crippen MR) is 75.1 cm³/mol. The third kappa shape index (κ3) is 2.38. The highest BCUT2D eigenvalue weighted by molar-refractivity contribution is 5.92. The summed E-state index contributed by atoms with van der Waals surface area (Å²) in [7, 11) is 1.70. The summed E-state index contributed by atoms with van der Waals surface area (Å²) >= 11 is 0. The van der Waals surface area contributed by atoms with Crippen LogP contribution >= 0.6 is 0 Å². The minimum atomic E-state index is 0.0569. The van der Waals surface area contributed by atoms with Crippen LogP contribution in [0.25, 0.3) is 0 Å². The molecule has 0 radical (unpaired) electrons. The Morgan fingerprint density at radius 3 is 2.72 bits per heavy atom. The molecule has 0 heterocycles. The number of carbonyl (C=O) groups is 1. The molecule has 1 N–H and O–H groups in total. The SMILES string of the molecule is CNC(=O)C(C)=C[C@@H]1CC[C@@H](C)[C@H]2CCC(C)=C12. The molecule has 0 aromatic carbocycles. The van der Waals surface area contributed by atoms with Crippen LogP contribution in [-0.4, -0.2) is 13.0 Å². The highest BCUT2D eigenvalue weighted by Gasteiger charge is 2.35. The molecule has 0 aromatic heterocycles. The van der Waals surface area contributed by atoms with Gasteiger partial charge in [-0.3, -0.25) is 4.79 Å². The number of amides is 1. The molecular formula is C16H25NO. The van der Waals surface area contributed by atoms with Crippen molar-refractivity contribution in [3.05, 3.63) is 22.8 Å². The number of carbonyl (C=O) groups excluding carboxylic acids is 1. The van der Waals surface area contributed by atoms with Gasteiger partial charge in [0.15, 0.2) is 0 Å².